The van der Waals surface area contributed by atoms with Gasteiger partial charge in [0.05, 0.1) is 28.4 Å². The Morgan fingerprint density at radius 3 is 2.31 bits per heavy atom. The zero-order chi connectivity index (χ0) is 23.0. The molecule has 1 aromatic heterocycles. The van der Waals surface area contributed by atoms with Gasteiger partial charge in [-0.25, -0.2) is 4.79 Å². The van der Waals surface area contributed by atoms with Gasteiger partial charge >= 0.3 is 5.97 Å². The van der Waals surface area contributed by atoms with Crippen molar-refractivity contribution in [2.24, 2.45) is 0 Å². The number of amides is 1. The number of aromatic nitrogens is 1. The molecule has 0 saturated carbocycles. The number of nitrogens with zero attached hydrogens (tertiary/aromatic N) is 1. The summed E-state index contributed by atoms with van der Waals surface area (Å²) in [4.78, 5) is 30.7. The summed E-state index contributed by atoms with van der Waals surface area (Å²) in [6, 6.07) is 10.1. The highest BCUT2D eigenvalue weighted by Crippen LogP contribution is 2.48. The van der Waals surface area contributed by atoms with Gasteiger partial charge in [0.15, 0.2) is 11.5 Å². The van der Waals surface area contributed by atoms with Crippen molar-refractivity contribution < 1.29 is 28.5 Å². The Morgan fingerprint density at radius 2 is 1.69 bits per heavy atom. The molecule has 0 bridgehead atoms. The number of carbonyl (C=O) groups is 2. The van der Waals surface area contributed by atoms with Crippen LogP contribution in [0.5, 0.6) is 17.2 Å². The first-order valence-corrected chi connectivity index (χ1v) is 10.2. The molecular formula is C24H26N2O6. The third-order valence-electron chi connectivity index (χ3n) is 6.00. The van der Waals surface area contributed by atoms with Crippen molar-refractivity contribution in [2.45, 2.75) is 25.4 Å². The Morgan fingerprint density at radius 1 is 0.969 bits per heavy atom. The van der Waals surface area contributed by atoms with E-state index >= 15 is 0 Å². The lowest BCUT2D eigenvalue weighted by molar-refractivity contribution is -0.154. The van der Waals surface area contributed by atoms with Gasteiger partial charge in [-0.1, -0.05) is 18.2 Å². The zero-order valence-corrected chi connectivity index (χ0v) is 18.7. The van der Waals surface area contributed by atoms with Crippen LogP contribution in [0.4, 0.5) is 0 Å². The van der Waals surface area contributed by atoms with Crippen LogP contribution in [0.15, 0.2) is 36.4 Å². The summed E-state index contributed by atoms with van der Waals surface area (Å²) in [7, 11) is 5.94. The number of ether oxygens (including phenoxy) is 4. The summed E-state index contributed by atoms with van der Waals surface area (Å²) in [6.07, 6.45) is 0.345. The highest BCUT2D eigenvalue weighted by Gasteiger charge is 2.44. The van der Waals surface area contributed by atoms with Crippen LogP contribution >= 0.6 is 0 Å². The molecule has 32 heavy (non-hydrogen) atoms. The minimum Gasteiger partial charge on any atom is -0.493 e. The summed E-state index contributed by atoms with van der Waals surface area (Å²) in [5.74, 6) is 0.610. The number of nitrogens with one attached hydrogen (secondary N) is 1. The fourth-order valence-corrected chi connectivity index (χ4v) is 4.66. The van der Waals surface area contributed by atoms with E-state index in [9.17, 15) is 9.59 Å². The minimum atomic E-state index is -0.785. The molecule has 1 N–H and O–H groups in total. The van der Waals surface area contributed by atoms with E-state index in [1.54, 1.807) is 18.1 Å². The molecule has 2 heterocycles. The van der Waals surface area contributed by atoms with Gasteiger partial charge in [-0.05, 0) is 23.8 Å². The smallest absolute Gasteiger partial charge is 0.328 e. The highest BCUT2D eigenvalue weighted by atomic mass is 16.5. The molecule has 8 heteroatoms. The molecule has 168 valence electrons. The first-order chi connectivity index (χ1) is 15.5. The predicted molar refractivity (Wildman–Crippen MR) is 118 cm³/mol. The van der Waals surface area contributed by atoms with Crippen LogP contribution in [-0.4, -0.2) is 56.2 Å². The van der Waals surface area contributed by atoms with E-state index in [1.807, 2.05) is 30.3 Å². The van der Waals surface area contributed by atoms with Gasteiger partial charge in [-0.2, -0.15) is 0 Å². The lowest BCUT2D eigenvalue weighted by Crippen LogP contribution is -2.51. The van der Waals surface area contributed by atoms with Gasteiger partial charge in [0, 0.05) is 35.5 Å². The summed E-state index contributed by atoms with van der Waals surface area (Å²) in [6.45, 7) is 1.45. The third kappa shape index (κ3) is 3.23. The molecule has 1 aliphatic heterocycles. The molecule has 8 nitrogen and oxygen atoms in total. The molecule has 0 saturated heterocycles. The molecule has 0 aliphatic carbocycles. The summed E-state index contributed by atoms with van der Waals surface area (Å²) < 4.78 is 21.8. The van der Waals surface area contributed by atoms with E-state index in [2.05, 4.69) is 4.98 Å². The normalized spacial score (nSPS) is 17.6. The number of methoxy groups -OCH3 is 4. The van der Waals surface area contributed by atoms with Gasteiger partial charge in [0.25, 0.3) is 0 Å². The lowest BCUT2D eigenvalue weighted by Gasteiger charge is -2.40. The average Bonchev–Trinajstić information content (AvgIpc) is 3.19. The Labute approximate surface area is 186 Å². The number of esters is 1. The van der Waals surface area contributed by atoms with E-state index in [0.29, 0.717) is 29.2 Å². The molecule has 1 aliphatic rings. The number of para-hydroxylation sites is 1. The molecule has 2 aromatic carbocycles. The molecule has 2 atom stereocenters. The molecule has 0 spiro atoms. The van der Waals surface area contributed by atoms with Crippen LogP contribution in [-0.2, 0) is 20.7 Å². The van der Waals surface area contributed by atoms with Crippen molar-refractivity contribution in [3.63, 3.8) is 0 Å². The van der Waals surface area contributed by atoms with Crippen LogP contribution < -0.4 is 14.2 Å². The second kappa shape index (κ2) is 8.45. The number of aromatic amines is 1. The fraction of sp³-hybridized carbons (Fsp3) is 0.333. The number of carbonyl (C=O) groups excluding carboxylic acids is 2. The Kier molecular flexibility index (Phi) is 5.69. The average molecular weight is 438 g/mol. The number of H-pyrrole nitrogens is 1. The van der Waals surface area contributed by atoms with E-state index in [0.717, 1.165) is 22.2 Å². The molecular weight excluding hydrogens is 412 g/mol. The van der Waals surface area contributed by atoms with Crippen molar-refractivity contribution in [1.29, 1.82) is 0 Å². The molecule has 1 amide bonds. The number of hydrogen-bond donors (Lipinski definition) is 1. The molecule has 0 fully saturated rings. The van der Waals surface area contributed by atoms with E-state index in [4.69, 9.17) is 18.9 Å². The topological polar surface area (TPSA) is 90.1 Å². The van der Waals surface area contributed by atoms with Gasteiger partial charge in [0.2, 0.25) is 11.7 Å². The van der Waals surface area contributed by atoms with Gasteiger partial charge < -0.3 is 28.8 Å². The van der Waals surface area contributed by atoms with Crippen LogP contribution in [0.25, 0.3) is 10.9 Å². The monoisotopic (exact) mass is 438 g/mol. The quantitative estimate of drug-likeness (QED) is 0.615. The third-order valence-corrected chi connectivity index (χ3v) is 6.00. The second-order valence-electron chi connectivity index (χ2n) is 7.56. The van der Waals surface area contributed by atoms with E-state index < -0.39 is 18.1 Å². The van der Waals surface area contributed by atoms with Gasteiger partial charge in [-0.3, -0.25) is 4.79 Å². The van der Waals surface area contributed by atoms with Crippen molar-refractivity contribution in [3.8, 4) is 17.2 Å². The number of hydrogen-bond acceptors (Lipinski definition) is 6. The standard InChI is InChI=1S/C24H26N2O6/c1-13(27)26-18(24(28)32-5)12-16-14-8-6-7-9-17(14)25-20(16)21(26)15-10-11-19(29-2)23(31-4)22(15)30-3/h6-11,18,21,25H,12H2,1-5H3/t18-,21-/m0/s1. The first kappa shape index (κ1) is 21.5. The Hall–Kier alpha value is -3.68. The minimum absolute atomic E-state index is 0.258. The Balaban J connectivity index is 2.04. The van der Waals surface area contributed by atoms with Crippen LogP contribution in [0.3, 0.4) is 0 Å². The second-order valence-corrected chi connectivity index (χ2v) is 7.56. The summed E-state index contributed by atoms with van der Waals surface area (Å²) in [5.41, 5.74) is 3.39. The van der Waals surface area contributed by atoms with Crippen molar-refractivity contribution >= 4 is 22.8 Å². The van der Waals surface area contributed by atoms with Crippen molar-refractivity contribution in [2.75, 3.05) is 28.4 Å². The van der Waals surface area contributed by atoms with E-state index in [-0.39, 0.29) is 5.91 Å². The Bertz CT molecular complexity index is 1180. The zero-order valence-electron chi connectivity index (χ0n) is 18.7. The van der Waals surface area contributed by atoms with Crippen molar-refractivity contribution in [3.05, 3.63) is 53.2 Å². The highest BCUT2D eigenvalue weighted by molar-refractivity contribution is 5.90. The van der Waals surface area contributed by atoms with Crippen molar-refractivity contribution in [1.82, 2.24) is 9.88 Å². The SMILES string of the molecule is COC(=O)[C@@H]1Cc2c([nH]c3ccccc23)[C@H](c2ccc(OC)c(OC)c2OC)N1C(C)=O. The lowest BCUT2D eigenvalue weighted by atomic mass is 9.87. The number of benzene rings is 2. The van der Waals surface area contributed by atoms with Crippen LogP contribution in [0.1, 0.15) is 29.8 Å². The summed E-state index contributed by atoms with van der Waals surface area (Å²) >= 11 is 0. The summed E-state index contributed by atoms with van der Waals surface area (Å²) in [5, 5.41) is 1.00. The predicted octanol–water partition coefficient (Wildman–Crippen LogP) is 3.23. The maximum absolute atomic E-state index is 12.9. The van der Waals surface area contributed by atoms with Crippen LogP contribution in [0, 0.1) is 0 Å². The number of fused-ring (bicyclic) bond motifs is 3. The number of rotatable bonds is 5. The molecule has 0 radical (unpaired) electrons. The van der Waals surface area contributed by atoms with Gasteiger partial charge in [0.1, 0.15) is 12.1 Å². The maximum atomic E-state index is 12.9. The first-order valence-electron chi connectivity index (χ1n) is 10.2. The maximum Gasteiger partial charge on any atom is 0.328 e. The van der Waals surface area contributed by atoms with Crippen LogP contribution in [0.2, 0.25) is 0 Å². The largest absolute Gasteiger partial charge is 0.493 e. The van der Waals surface area contributed by atoms with E-state index in [1.165, 1.54) is 28.3 Å². The molecule has 4 rings (SSSR count). The fourth-order valence-electron chi connectivity index (χ4n) is 4.66. The molecule has 0 unspecified atom stereocenters. The molecule has 3 aromatic rings. The van der Waals surface area contributed by atoms with Gasteiger partial charge in [-0.15, -0.1) is 0 Å².